The number of hydrogen-bond acceptors (Lipinski definition) is 4. The summed E-state index contributed by atoms with van der Waals surface area (Å²) in [6.45, 7) is 10.9. The molecule has 0 aliphatic carbocycles. The van der Waals surface area contributed by atoms with Crippen LogP contribution in [0.1, 0.15) is 41.9 Å². The topological polar surface area (TPSA) is 42.2 Å². The molecule has 96 valence electrons. The van der Waals surface area contributed by atoms with Crippen LogP contribution < -0.4 is 5.73 Å². The van der Waals surface area contributed by atoms with E-state index in [1.165, 1.54) is 15.6 Å². The van der Waals surface area contributed by atoms with Crippen molar-refractivity contribution in [3.63, 3.8) is 0 Å². The van der Waals surface area contributed by atoms with Gasteiger partial charge in [0, 0.05) is 30.1 Å². The Kier molecular flexibility index (Phi) is 3.85. The summed E-state index contributed by atoms with van der Waals surface area (Å²) in [6, 6.07) is 0.783. The lowest BCUT2D eigenvalue weighted by atomic mass is 9.95. The van der Waals surface area contributed by atoms with E-state index < -0.39 is 0 Å². The second kappa shape index (κ2) is 5.04. The molecule has 1 saturated heterocycles. The van der Waals surface area contributed by atoms with E-state index in [2.05, 4.69) is 37.6 Å². The molecule has 1 aromatic heterocycles. The van der Waals surface area contributed by atoms with Crippen molar-refractivity contribution < 1.29 is 0 Å². The van der Waals surface area contributed by atoms with Crippen molar-refractivity contribution in [1.29, 1.82) is 0 Å². The van der Waals surface area contributed by atoms with Gasteiger partial charge in [-0.15, -0.1) is 11.3 Å². The predicted molar refractivity (Wildman–Crippen MR) is 73.3 cm³/mol. The molecule has 0 aromatic carbocycles. The van der Waals surface area contributed by atoms with Crippen LogP contribution >= 0.6 is 11.3 Å². The molecule has 0 saturated carbocycles. The Morgan fingerprint density at radius 1 is 1.41 bits per heavy atom. The highest BCUT2D eigenvalue weighted by atomic mass is 32.1. The lowest BCUT2D eigenvalue weighted by Gasteiger charge is -2.38. The molecule has 1 aliphatic heterocycles. The average molecular weight is 253 g/mol. The molecule has 0 bridgehead atoms. The number of aromatic nitrogens is 1. The Morgan fingerprint density at radius 3 is 2.65 bits per heavy atom. The van der Waals surface area contributed by atoms with Crippen LogP contribution in [0.25, 0.3) is 0 Å². The smallest absolute Gasteiger partial charge is 0.0900 e. The maximum Gasteiger partial charge on any atom is 0.0900 e. The number of thiazole rings is 1. The molecule has 0 amide bonds. The fourth-order valence-corrected chi connectivity index (χ4v) is 3.87. The summed E-state index contributed by atoms with van der Waals surface area (Å²) < 4.78 is 0. The van der Waals surface area contributed by atoms with E-state index in [1.54, 1.807) is 0 Å². The predicted octanol–water partition coefficient (Wildman–Crippen LogP) is 2.49. The highest BCUT2D eigenvalue weighted by molar-refractivity contribution is 7.11. The Bertz CT molecular complexity index is 378. The van der Waals surface area contributed by atoms with Gasteiger partial charge < -0.3 is 5.73 Å². The van der Waals surface area contributed by atoms with E-state index in [0.717, 1.165) is 19.5 Å². The maximum atomic E-state index is 6.12. The first-order valence-electron chi connectivity index (χ1n) is 6.41. The van der Waals surface area contributed by atoms with Gasteiger partial charge in [0.1, 0.15) is 0 Å². The zero-order chi connectivity index (χ0) is 12.6. The van der Waals surface area contributed by atoms with Crippen LogP contribution in [0.4, 0.5) is 0 Å². The molecule has 2 rings (SSSR count). The van der Waals surface area contributed by atoms with Crippen molar-refractivity contribution in [2.24, 2.45) is 11.7 Å². The Balaban J connectivity index is 2.14. The molecule has 2 N–H and O–H groups in total. The van der Waals surface area contributed by atoms with Crippen molar-refractivity contribution in [2.75, 3.05) is 13.1 Å². The lowest BCUT2D eigenvalue weighted by molar-refractivity contribution is 0.125. The van der Waals surface area contributed by atoms with Crippen molar-refractivity contribution in [3.05, 3.63) is 15.6 Å². The SMILES string of the molecule is Cc1nc(C)c(C(C)N2CC(C)CC(N)C2)s1. The van der Waals surface area contributed by atoms with Crippen molar-refractivity contribution >= 4 is 11.3 Å². The molecule has 1 aromatic rings. The van der Waals surface area contributed by atoms with Gasteiger partial charge in [0.15, 0.2) is 0 Å². The Morgan fingerprint density at radius 2 is 2.12 bits per heavy atom. The van der Waals surface area contributed by atoms with Crippen molar-refractivity contribution in [3.8, 4) is 0 Å². The fourth-order valence-electron chi connectivity index (χ4n) is 2.86. The summed E-state index contributed by atoms with van der Waals surface area (Å²) >= 11 is 1.82. The average Bonchev–Trinajstić information content (AvgIpc) is 2.55. The minimum atomic E-state index is 0.329. The first kappa shape index (κ1) is 13.0. The van der Waals surface area contributed by atoms with E-state index in [1.807, 2.05) is 11.3 Å². The number of aryl methyl sites for hydroxylation is 2. The number of hydrogen-bond donors (Lipinski definition) is 1. The molecule has 3 atom stereocenters. The van der Waals surface area contributed by atoms with Crippen molar-refractivity contribution in [1.82, 2.24) is 9.88 Å². The van der Waals surface area contributed by atoms with Gasteiger partial charge in [0.05, 0.1) is 10.7 Å². The number of rotatable bonds is 2. The van der Waals surface area contributed by atoms with E-state index in [-0.39, 0.29) is 0 Å². The quantitative estimate of drug-likeness (QED) is 0.880. The van der Waals surface area contributed by atoms with Crippen molar-refractivity contribution in [2.45, 2.75) is 46.2 Å². The summed E-state index contributed by atoms with van der Waals surface area (Å²) in [5, 5.41) is 1.17. The molecular formula is C13H23N3S. The largest absolute Gasteiger partial charge is 0.327 e. The van der Waals surface area contributed by atoms with Gasteiger partial charge in [0.25, 0.3) is 0 Å². The molecule has 1 aliphatic rings. The fraction of sp³-hybridized carbons (Fsp3) is 0.769. The second-order valence-corrected chi connectivity index (χ2v) is 6.65. The Hall–Kier alpha value is -0.450. The molecule has 0 radical (unpaired) electrons. The standard InChI is InChI=1S/C13H23N3S/c1-8-5-12(14)7-16(6-8)10(3)13-9(2)15-11(4)17-13/h8,10,12H,5-7,14H2,1-4H3. The van der Waals surface area contributed by atoms with Gasteiger partial charge in [-0.2, -0.15) is 0 Å². The number of piperidine rings is 1. The number of nitrogens with two attached hydrogens (primary N) is 1. The van der Waals surface area contributed by atoms with E-state index in [9.17, 15) is 0 Å². The van der Waals surface area contributed by atoms with Crippen LogP contribution in [0.3, 0.4) is 0 Å². The zero-order valence-corrected chi connectivity index (χ0v) is 12.0. The van der Waals surface area contributed by atoms with Crippen LogP contribution in [-0.4, -0.2) is 29.0 Å². The number of likely N-dealkylation sites (tertiary alicyclic amines) is 1. The normalized spacial score (nSPS) is 28.3. The summed E-state index contributed by atoms with van der Waals surface area (Å²) in [4.78, 5) is 8.44. The lowest BCUT2D eigenvalue weighted by Crippen LogP contribution is -2.47. The van der Waals surface area contributed by atoms with Gasteiger partial charge >= 0.3 is 0 Å². The highest BCUT2D eigenvalue weighted by Crippen LogP contribution is 2.31. The second-order valence-electron chi connectivity index (χ2n) is 5.41. The van der Waals surface area contributed by atoms with Crippen LogP contribution in [-0.2, 0) is 0 Å². The third-order valence-electron chi connectivity index (χ3n) is 3.59. The molecule has 0 spiro atoms. The van der Waals surface area contributed by atoms with Gasteiger partial charge in [-0.3, -0.25) is 4.90 Å². The maximum absolute atomic E-state index is 6.12. The molecular weight excluding hydrogens is 230 g/mol. The summed E-state index contributed by atoms with van der Waals surface area (Å²) in [7, 11) is 0. The summed E-state index contributed by atoms with van der Waals surface area (Å²) in [5.74, 6) is 0.704. The third kappa shape index (κ3) is 2.87. The monoisotopic (exact) mass is 253 g/mol. The van der Waals surface area contributed by atoms with E-state index >= 15 is 0 Å². The van der Waals surface area contributed by atoms with Crippen LogP contribution in [0.15, 0.2) is 0 Å². The first-order chi connectivity index (χ1) is 7.97. The molecule has 2 heterocycles. The molecule has 4 heteroatoms. The molecule has 1 fully saturated rings. The molecule has 3 unspecified atom stereocenters. The minimum Gasteiger partial charge on any atom is -0.327 e. The third-order valence-corrected chi connectivity index (χ3v) is 4.83. The van der Waals surface area contributed by atoms with E-state index in [4.69, 9.17) is 5.73 Å². The Labute approximate surface area is 108 Å². The van der Waals surface area contributed by atoms with Gasteiger partial charge in [-0.1, -0.05) is 6.92 Å². The van der Waals surface area contributed by atoms with Gasteiger partial charge in [-0.25, -0.2) is 4.98 Å². The highest BCUT2D eigenvalue weighted by Gasteiger charge is 2.27. The minimum absolute atomic E-state index is 0.329. The van der Waals surface area contributed by atoms with Crippen LogP contribution in [0.5, 0.6) is 0 Å². The van der Waals surface area contributed by atoms with Gasteiger partial charge in [0.2, 0.25) is 0 Å². The molecule has 3 nitrogen and oxygen atoms in total. The van der Waals surface area contributed by atoms with Crippen LogP contribution in [0.2, 0.25) is 0 Å². The molecule has 17 heavy (non-hydrogen) atoms. The summed E-state index contributed by atoms with van der Waals surface area (Å²) in [5.41, 5.74) is 7.31. The first-order valence-corrected chi connectivity index (χ1v) is 7.22. The van der Waals surface area contributed by atoms with Gasteiger partial charge in [-0.05, 0) is 33.1 Å². The van der Waals surface area contributed by atoms with Crippen LogP contribution in [0, 0.1) is 19.8 Å². The number of nitrogens with zero attached hydrogens (tertiary/aromatic N) is 2. The zero-order valence-electron chi connectivity index (χ0n) is 11.2. The summed E-state index contributed by atoms with van der Waals surface area (Å²) in [6.07, 6.45) is 1.16. The van der Waals surface area contributed by atoms with E-state index in [0.29, 0.717) is 18.0 Å².